The van der Waals surface area contributed by atoms with Crippen molar-refractivity contribution in [3.8, 4) is 5.75 Å². The van der Waals surface area contributed by atoms with E-state index in [9.17, 15) is 9.59 Å². The van der Waals surface area contributed by atoms with Crippen LogP contribution in [0.3, 0.4) is 0 Å². The molecule has 0 spiro atoms. The van der Waals surface area contributed by atoms with Gasteiger partial charge < -0.3 is 14.7 Å². The second-order valence-corrected chi connectivity index (χ2v) is 6.03. The lowest BCUT2D eigenvalue weighted by molar-refractivity contribution is -0.217. The summed E-state index contributed by atoms with van der Waals surface area (Å²) in [6, 6.07) is 16.0. The number of aliphatic carboxylic acids is 1. The van der Waals surface area contributed by atoms with Gasteiger partial charge in [0.15, 0.2) is 5.75 Å². The topological polar surface area (TPSA) is 85.3 Å². The van der Waals surface area contributed by atoms with E-state index in [1.54, 1.807) is 31.3 Å². The Hall–Kier alpha value is -2.90. The van der Waals surface area contributed by atoms with E-state index in [1.807, 2.05) is 30.3 Å². The largest absolute Gasteiger partial charge is 0.480 e. The summed E-state index contributed by atoms with van der Waals surface area (Å²) in [5.41, 5.74) is 1.84. The average molecular weight is 373 g/mol. The van der Waals surface area contributed by atoms with E-state index in [1.165, 1.54) is 12.0 Å². The maximum Gasteiger partial charge on any atom is 0.323 e. The fourth-order valence-corrected chi connectivity index (χ4v) is 2.52. The molecule has 2 rings (SSSR count). The highest BCUT2D eigenvalue weighted by atomic mass is 17.2. The lowest BCUT2D eigenvalue weighted by Gasteiger charge is -2.24. The average Bonchev–Trinajstić information content (AvgIpc) is 2.67. The molecule has 7 nitrogen and oxygen atoms in total. The SMILES string of the molecule is COC(=O)[C@H](Cc1ccc(OOCc2ccccc2)cc1)N(C)CC(=O)O. The summed E-state index contributed by atoms with van der Waals surface area (Å²) in [4.78, 5) is 34.8. The van der Waals surface area contributed by atoms with Crippen molar-refractivity contribution in [1.29, 1.82) is 0 Å². The van der Waals surface area contributed by atoms with Gasteiger partial charge in [0.1, 0.15) is 12.6 Å². The van der Waals surface area contributed by atoms with Gasteiger partial charge in [0.05, 0.1) is 13.7 Å². The predicted octanol–water partition coefficient (Wildman–Crippen LogP) is 2.30. The zero-order valence-corrected chi connectivity index (χ0v) is 15.3. The van der Waals surface area contributed by atoms with Crippen LogP contribution in [-0.2, 0) is 32.2 Å². The number of hydrogen-bond donors (Lipinski definition) is 1. The van der Waals surface area contributed by atoms with Crippen LogP contribution < -0.4 is 4.89 Å². The Kier molecular flexibility index (Phi) is 7.79. The number of methoxy groups -OCH3 is 1. The number of esters is 1. The van der Waals surface area contributed by atoms with Crippen LogP contribution in [0.25, 0.3) is 0 Å². The summed E-state index contributed by atoms with van der Waals surface area (Å²) in [6.07, 6.45) is 0.321. The molecule has 27 heavy (non-hydrogen) atoms. The van der Waals surface area contributed by atoms with E-state index >= 15 is 0 Å². The van der Waals surface area contributed by atoms with Gasteiger partial charge in [-0.15, -0.1) is 0 Å². The lowest BCUT2D eigenvalue weighted by Crippen LogP contribution is -2.43. The fourth-order valence-electron chi connectivity index (χ4n) is 2.52. The third-order valence-corrected chi connectivity index (χ3v) is 3.97. The molecule has 0 aromatic heterocycles. The lowest BCUT2D eigenvalue weighted by atomic mass is 10.0. The van der Waals surface area contributed by atoms with Gasteiger partial charge in [-0.05, 0) is 36.7 Å². The van der Waals surface area contributed by atoms with Gasteiger partial charge in [-0.2, -0.15) is 4.89 Å². The van der Waals surface area contributed by atoms with Crippen LogP contribution in [0, 0.1) is 0 Å². The second kappa shape index (κ2) is 10.3. The third-order valence-electron chi connectivity index (χ3n) is 3.97. The Morgan fingerprint density at radius 1 is 1.04 bits per heavy atom. The molecule has 0 fully saturated rings. The Balaban J connectivity index is 1.92. The van der Waals surface area contributed by atoms with Gasteiger partial charge in [-0.25, -0.2) is 0 Å². The minimum atomic E-state index is -1.01. The van der Waals surface area contributed by atoms with Gasteiger partial charge >= 0.3 is 11.9 Å². The molecule has 0 heterocycles. The summed E-state index contributed by atoms with van der Waals surface area (Å²) in [5.74, 6) is -0.959. The molecule has 0 bridgehead atoms. The molecule has 0 saturated carbocycles. The molecule has 0 aliphatic heterocycles. The molecule has 7 heteroatoms. The first kappa shape index (κ1) is 20.4. The zero-order chi connectivity index (χ0) is 19.6. The van der Waals surface area contributed by atoms with Crippen molar-refractivity contribution >= 4 is 11.9 Å². The van der Waals surface area contributed by atoms with Crippen LogP contribution >= 0.6 is 0 Å². The molecular formula is C20H23NO6. The highest BCUT2D eigenvalue weighted by Gasteiger charge is 2.25. The minimum Gasteiger partial charge on any atom is -0.480 e. The molecule has 0 unspecified atom stereocenters. The number of carbonyl (C=O) groups excluding carboxylic acids is 1. The number of nitrogens with zero attached hydrogens (tertiary/aromatic N) is 1. The Morgan fingerprint density at radius 3 is 2.30 bits per heavy atom. The van der Waals surface area contributed by atoms with Crippen molar-refractivity contribution < 1.29 is 29.2 Å². The molecule has 1 atom stereocenters. The number of carbonyl (C=O) groups is 2. The Labute approximate surface area is 158 Å². The first-order valence-electron chi connectivity index (χ1n) is 8.41. The molecule has 144 valence electrons. The highest BCUT2D eigenvalue weighted by Crippen LogP contribution is 2.16. The van der Waals surface area contributed by atoms with Gasteiger partial charge in [-0.1, -0.05) is 42.5 Å². The van der Waals surface area contributed by atoms with Crippen molar-refractivity contribution in [3.63, 3.8) is 0 Å². The van der Waals surface area contributed by atoms with Gasteiger partial charge in [-0.3, -0.25) is 14.5 Å². The van der Waals surface area contributed by atoms with Crippen LogP contribution in [0.15, 0.2) is 54.6 Å². The van der Waals surface area contributed by atoms with Crippen molar-refractivity contribution in [2.75, 3.05) is 20.7 Å². The number of ether oxygens (including phenoxy) is 1. The molecule has 0 radical (unpaired) electrons. The van der Waals surface area contributed by atoms with Crippen molar-refractivity contribution in [1.82, 2.24) is 4.90 Å². The van der Waals surface area contributed by atoms with E-state index in [4.69, 9.17) is 19.6 Å². The first-order valence-corrected chi connectivity index (χ1v) is 8.41. The second-order valence-electron chi connectivity index (χ2n) is 6.03. The highest BCUT2D eigenvalue weighted by molar-refractivity contribution is 5.77. The van der Waals surface area contributed by atoms with E-state index in [2.05, 4.69) is 0 Å². The van der Waals surface area contributed by atoms with E-state index in [0.717, 1.165) is 11.1 Å². The number of rotatable bonds is 10. The molecule has 0 aliphatic carbocycles. The number of hydrogen-bond acceptors (Lipinski definition) is 6. The summed E-state index contributed by atoms with van der Waals surface area (Å²) in [6.45, 7) is 0.0707. The summed E-state index contributed by atoms with van der Waals surface area (Å²) in [5, 5.41) is 8.93. The first-order chi connectivity index (χ1) is 13.0. The molecule has 0 aliphatic rings. The van der Waals surface area contributed by atoms with Gasteiger partial charge in [0.25, 0.3) is 0 Å². The maximum atomic E-state index is 12.0. The van der Waals surface area contributed by atoms with Crippen molar-refractivity contribution in [2.24, 2.45) is 0 Å². The van der Waals surface area contributed by atoms with Crippen LogP contribution in [0.5, 0.6) is 5.75 Å². The molecule has 2 aromatic rings. The normalized spacial score (nSPS) is 11.8. The number of likely N-dealkylation sites (N-methyl/N-ethyl adjacent to an activating group) is 1. The minimum absolute atomic E-state index is 0.256. The fraction of sp³-hybridized carbons (Fsp3) is 0.300. The number of carboxylic acid groups (broad SMARTS) is 1. The van der Waals surface area contributed by atoms with Crippen LogP contribution in [0.4, 0.5) is 0 Å². The monoisotopic (exact) mass is 373 g/mol. The van der Waals surface area contributed by atoms with Crippen LogP contribution in [0.1, 0.15) is 11.1 Å². The molecular weight excluding hydrogens is 350 g/mol. The molecule has 0 amide bonds. The summed E-state index contributed by atoms with van der Waals surface area (Å²) in [7, 11) is 2.86. The Morgan fingerprint density at radius 2 is 1.70 bits per heavy atom. The van der Waals surface area contributed by atoms with Gasteiger partial charge in [0.2, 0.25) is 0 Å². The molecule has 2 aromatic carbocycles. The van der Waals surface area contributed by atoms with E-state index in [0.29, 0.717) is 18.8 Å². The summed E-state index contributed by atoms with van der Waals surface area (Å²) >= 11 is 0. The Bertz CT molecular complexity index is 732. The quantitative estimate of drug-likeness (QED) is 0.388. The van der Waals surface area contributed by atoms with Crippen molar-refractivity contribution in [3.05, 3.63) is 65.7 Å². The number of carboxylic acids is 1. The smallest absolute Gasteiger partial charge is 0.323 e. The van der Waals surface area contributed by atoms with E-state index in [-0.39, 0.29) is 6.54 Å². The number of benzene rings is 2. The zero-order valence-electron chi connectivity index (χ0n) is 15.3. The van der Waals surface area contributed by atoms with Gasteiger partial charge in [0, 0.05) is 0 Å². The van der Waals surface area contributed by atoms with Crippen molar-refractivity contribution in [2.45, 2.75) is 19.1 Å². The predicted molar refractivity (Wildman–Crippen MR) is 98.1 cm³/mol. The van der Waals surface area contributed by atoms with E-state index < -0.39 is 18.0 Å². The summed E-state index contributed by atoms with van der Waals surface area (Å²) < 4.78 is 4.79. The van der Waals surface area contributed by atoms with Crippen LogP contribution in [0.2, 0.25) is 0 Å². The van der Waals surface area contributed by atoms with Crippen LogP contribution in [-0.4, -0.2) is 48.7 Å². The maximum absolute atomic E-state index is 12.0. The third kappa shape index (κ3) is 6.73. The molecule has 0 saturated heterocycles. The molecule has 1 N–H and O–H groups in total. The standard InChI is InChI=1S/C20H23NO6/c1-21(13-19(22)23)18(20(24)25-2)12-15-8-10-17(11-9-15)27-26-14-16-6-4-3-5-7-16/h3-11,18H,12-14H2,1-2H3,(H,22,23)/t18-/m0/s1.